The van der Waals surface area contributed by atoms with Gasteiger partial charge in [0.1, 0.15) is 10.8 Å². The maximum absolute atomic E-state index is 9.36. The van der Waals surface area contributed by atoms with E-state index in [-0.39, 0.29) is 5.75 Å². The lowest BCUT2D eigenvalue weighted by Gasteiger charge is -2.19. The van der Waals surface area contributed by atoms with E-state index in [4.69, 9.17) is 4.74 Å². The number of rotatable bonds is 2. The summed E-state index contributed by atoms with van der Waals surface area (Å²) < 4.78 is 7.25. The summed E-state index contributed by atoms with van der Waals surface area (Å²) >= 11 is 1.51. The molecule has 3 heterocycles. The fraction of sp³-hybridized carbons (Fsp3) is 0.357. The minimum Gasteiger partial charge on any atom is -0.508 e. The van der Waals surface area contributed by atoms with Crippen molar-refractivity contribution in [2.75, 3.05) is 13.2 Å². The van der Waals surface area contributed by atoms with Gasteiger partial charge >= 0.3 is 0 Å². The van der Waals surface area contributed by atoms with Gasteiger partial charge in [-0.25, -0.2) is 0 Å². The number of aromatic hydroxyl groups is 1. The molecule has 1 fully saturated rings. The first-order chi connectivity index (χ1) is 10.3. The van der Waals surface area contributed by atoms with Crippen LogP contribution >= 0.6 is 11.3 Å². The summed E-state index contributed by atoms with van der Waals surface area (Å²) in [6.07, 6.45) is 1.93. The Balaban J connectivity index is 1.73. The van der Waals surface area contributed by atoms with Gasteiger partial charge < -0.3 is 9.84 Å². The molecule has 1 N–H and O–H groups in total. The quantitative estimate of drug-likeness (QED) is 0.787. The normalized spacial score (nSPS) is 16.6. The number of benzene rings is 1. The smallest absolute Gasteiger partial charge is 0.234 e. The number of fused-ring (bicyclic) bond motifs is 1. The standard InChI is InChI=1S/C14H14N4O2S/c19-11-3-1-10(2-4-11)13-17-18-12(15-16-14(18)21-13)9-5-7-20-8-6-9/h1-4,9,19H,5-8H2. The predicted molar refractivity (Wildman–Crippen MR) is 78.6 cm³/mol. The van der Waals surface area contributed by atoms with Crippen molar-refractivity contribution < 1.29 is 9.84 Å². The van der Waals surface area contributed by atoms with Crippen LogP contribution in [0.2, 0.25) is 0 Å². The van der Waals surface area contributed by atoms with E-state index >= 15 is 0 Å². The highest BCUT2D eigenvalue weighted by molar-refractivity contribution is 7.19. The van der Waals surface area contributed by atoms with Crippen LogP contribution in [0.1, 0.15) is 24.6 Å². The van der Waals surface area contributed by atoms with Crippen molar-refractivity contribution in [3.8, 4) is 16.3 Å². The average molecular weight is 302 g/mol. The highest BCUT2D eigenvalue weighted by Crippen LogP contribution is 2.30. The van der Waals surface area contributed by atoms with Crippen molar-refractivity contribution in [1.82, 2.24) is 19.8 Å². The van der Waals surface area contributed by atoms with Gasteiger partial charge in [-0.2, -0.15) is 9.61 Å². The number of aromatic nitrogens is 4. The highest BCUT2D eigenvalue weighted by Gasteiger charge is 2.23. The van der Waals surface area contributed by atoms with Crippen LogP contribution in [-0.4, -0.2) is 38.1 Å². The number of phenols is 1. The largest absolute Gasteiger partial charge is 0.508 e. The van der Waals surface area contributed by atoms with Gasteiger partial charge in [-0.1, -0.05) is 11.3 Å². The summed E-state index contributed by atoms with van der Waals surface area (Å²) in [6.45, 7) is 1.54. The lowest BCUT2D eigenvalue weighted by Crippen LogP contribution is -2.16. The molecular formula is C14H14N4O2S. The van der Waals surface area contributed by atoms with Crippen molar-refractivity contribution >= 4 is 16.3 Å². The Kier molecular flexibility index (Phi) is 3.08. The lowest BCUT2D eigenvalue weighted by molar-refractivity contribution is 0.0832. The number of ether oxygens (including phenoxy) is 1. The van der Waals surface area contributed by atoms with Gasteiger partial charge in [-0.05, 0) is 37.1 Å². The topological polar surface area (TPSA) is 72.5 Å². The molecule has 0 amide bonds. The summed E-state index contributed by atoms with van der Waals surface area (Å²) in [5, 5.41) is 23.4. The van der Waals surface area contributed by atoms with Crippen LogP contribution in [0.4, 0.5) is 0 Å². The molecule has 1 aliphatic rings. The zero-order chi connectivity index (χ0) is 14.2. The lowest BCUT2D eigenvalue weighted by atomic mass is 10.00. The molecule has 108 valence electrons. The van der Waals surface area contributed by atoms with Crippen molar-refractivity contribution in [3.63, 3.8) is 0 Å². The Morgan fingerprint density at radius 1 is 1.14 bits per heavy atom. The number of nitrogens with zero attached hydrogens (tertiary/aromatic N) is 4. The van der Waals surface area contributed by atoms with Crippen molar-refractivity contribution in [2.45, 2.75) is 18.8 Å². The van der Waals surface area contributed by atoms with Gasteiger partial charge in [0.25, 0.3) is 0 Å². The molecule has 0 atom stereocenters. The summed E-state index contributed by atoms with van der Waals surface area (Å²) in [6, 6.07) is 7.04. The molecule has 6 nitrogen and oxygen atoms in total. The fourth-order valence-corrected chi connectivity index (χ4v) is 3.41. The second-order valence-corrected chi connectivity index (χ2v) is 6.05. The number of hydrogen-bond donors (Lipinski definition) is 1. The van der Waals surface area contributed by atoms with Crippen LogP contribution in [0.5, 0.6) is 5.75 Å². The predicted octanol–water partition coefficient (Wildman–Crippen LogP) is 2.45. The van der Waals surface area contributed by atoms with E-state index in [1.54, 1.807) is 12.1 Å². The van der Waals surface area contributed by atoms with Crippen molar-refractivity contribution in [3.05, 3.63) is 30.1 Å². The third-order valence-corrected chi connectivity index (χ3v) is 4.66. The first-order valence-electron chi connectivity index (χ1n) is 6.90. The summed E-state index contributed by atoms with van der Waals surface area (Å²) in [7, 11) is 0. The zero-order valence-corrected chi connectivity index (χ0v) is 12.1. The molecule has 3 aromatic rings. The Bertz CT molecular complexity index is 759. The Morgan fingerprint density at radius 2 is 1.90 bits per heavy atom. The van der Waals surface area contributed by atoms with Crippen molar-refractivity contribution in [1.29, 1.82) is 0 Å². The summed E-state index contributed by atoms with van der Waals surface area (Å²) in [5.41, 5.74) is 0.973. The van der Waals surface area contributed by atoms with Gasteiger partial charge in [0.2, 0.25) is 4.96 Å². The molecule has 0 radical (unpaired) electrons. The minimum atomic E-state index is 0.254. The summed E-state index contributed by atoms with van der Waals surface area (Å²) in [5.74, 6) is 1.54. The van der Waals surface area contributed by atoms with Gasteiger partial charge in [0.15, 0.2) is 5.82 Å². The number of hydrogen-bond acceptors (Lipinski definition) is 6. The minimum absolute atomic E-state index is 0.254. The SMILES string of the molecule is Oc1ccc(-c2nn3c(C4CCOCC4)nnc3s2)cc1. The third kappa shape index (κ3) is 2.28. The second kappa shape index (κ2) is 5.09. The second-order valence-electron chi connectivity index (χ2n) is 5.09. The first-order valence-corrected chi connectivity index (χ1v) is 7.72. The fourth-order valence-electron chi connectivity index (χ4n) is 2.56. The summed E-state index contributed by atoms with van der Waals surface area (Å²) in [4.78, 5) is 0.805. The molecule has 4 rings (SSSR count). The van der Waals surface area contributed by atoms with E-state index in [1.807, 2.05) is 16.6 Å². The highest BCUT2D eigenvalue weighted by atomic mass is 32.1. The van der Waals surface area contributed by atoms with E-state index < -0.39 is 0 Å². The molecule has 2 aromatic heterocycles. The molecule has 0 bridgehead atoms. The maximum atomic E-state index is 9.36. The van der Waals surface area contributed by atoms with Crippen LogP contribution in [0.15, 0.2) is 24.3 Å². The molecule has 1 aromatic carbocycles. The van der Waals surface area contributed by atoms with Gasteiger partial charge in [-0.15, -0.1) is 10.2 Å². The Morgan fingerprint density at radius 3 is 2.67 bits per heavy atom. The van der Waals surface area contributed by atoms with E-state index in [0.717, 1.165) is 47.4 Å². The molecule has 21 heavy (non-hydrogen) atoms. The monoisotopic (exact) mass is 302 g/mol. The molecule has 7 heteroatoms. The average Bonchev–Trinajstić information content (AvgIpc) is 3.09. The molecule has 1 aliphatic heterocycles. The molecule has 0 aliphatic carbocycles. The zero-order valence-electron chi connectivity index (χ0n) is 11.3. The van der Waals surface area contributed by atoms with Crippen LogP contribution < -0.4 is 0 Å². The van der Waals surface area contributed by atoms with Gasteiger partial charge in [-0.3, -0.25) is 0 Å². The molecule has 0 saturated carbocycles. The van der Waals surface area contributed by atoms with Gasteiger partial charge in [0, 0.05) is 24.7 Å². The van der Waals surface area contributed by atoms with Gasteiger partial charge in [0.05, 0.1) is 0 Å². The Hall–Kier alpha value is -1.99. The molecule has 0 unspecified atom stereocenters. The molecule has 0 spiro atoms. The maximum Gasteiger partial charge on any atom is 0.234 e. The molecular weight excluding hydrogens is 288 g/mol. The van der Waals surface area contributed by atoms with E-state index in [1.165, 1.54) is 11.3 Å². The van der Waals surface area contributed by atoms with Crippen LogP contribution in [0.3, 0.4) is 0 Å². The van der Waals surface area contributed by atoms with Crippen LogP contribution in [0.25, 0.3) is 15.5 Å². The van der Waals surface area contributed by atoms with E-state index in [0.29, 0.717) is 5.92 Å². The first kappa shape index (κ1) is 12.7. The Labute approximate surface area is 125 Å². The third-order valence-electron chi connectivity index (χ3n) is 3.72. The van der Waals surface area contributed by atoms with E-state index in [9.17, 15) is 5.11 Å². The van der Waals surface area contributed by atoms with Crippen LogP contribution in [0, 0.1) is 0 Å². The van der Waals surface area contributed by atoms with Crippen LogP contribution in [-0.2, 0) is 4.74 Å². The van der Waals surface area contributed by atoms with E-state index in [2.05, 4.69) is 15.3 Å². The van der Waals surface area contributed by atoms with Crippen molar-refractivity contribution in [2.24, 2.45) is 0 Å². The number of phenolic OH excluding ortho intramolecular Hbond substituents is 1. The molecule has 1 saturated heterocycles.